The van der Waals surface area contributed by atoms with Gasteiger partial charge in [-0.05, 0) is 62.5 Å². The molecule has 2 atom stereocenters. The second-order valence-corrected chi connectivity index (χ2v) is 14.9. The zero-order valence-corrected chi connectivity index (χ0v) is 34.5. The minimum atomic E-state index is -0.0244. The minimum absolute atomic E-state index is 0.0236. The van der Waals surface area contributed by atoms with Crippen molar-refractivity contribution >= 4 is 11.9 Å². The Hall–Kier alpha value is -2.44. The molecule has 0 aliphatic carbocycles. The summed E-state index contributed by atoms with van der Waals surface area (Å²) in [7, 11) is 1.67. The highest BCUT2D eigenvalue weighted by atomic mass is 16.5. The van der Waals surface area contributed by atoms with E-state index in [0.29, 0.717) is 51.1 Å². The Kier molecular flexibility index (Phi) is 31.4. The Morgan fingerprint density at radius 3 is 1.33 bits per heavy atom. The Morgan fingerprint density at radius 1 is 0.519 bits per heavy atom. The van der Waals surface area contributed by atoms with Crippen LogP contribution in [0.3, 0.4) is 0 Å². The smallest absolute Gasteiger partial charge is 0.305 e. The average Bonchev–Trinajstić information content (AvgIpc) is 3.16. The topological polar surface area (TPSA) is 80.3 Å². The van der Waals surface area contributed by atoms with Gasteiger partial charge in [-0.25, -0.2) is 0 Å². The minimum Gasteiger partial charge on any atom is -0.497 e. The van der Waals surface area contributed by atoms with Gasteiger partial charge < -0.3 is 23.7 Å². The molecule has 1 aromatic rings. The first-order chi connectivity index (χ1) is 25.5. The maximum Gasteiger partial charge on any atom is 0.305 e. The standard InChI is InChI=1S/C45H80O7/c1-6-10-28-39(8-3)37-51-44(46)30-24-20-16-12-14-18-22-26-34-49-42-33-32-41(48-5)36-43(42)50-35-27-23-19-15-13-17-21-25-31-45(47)52-38-40(9-4)29-11-7-2/h32-33,36,39-40H,6-31,34-35,37-38H2,1-5H3. The molecule has 52 heavy (non-hydrogen) atoms. The van der Waals surface area contributed by atoms with E-state index in [0.717, 1.165) is 94.3 Å². The summed E-state index contributed by atoms with van der Waals surface area (Å²) < 4.78 is 28.7. The van der Waals surface area contributed by atoms with Crippen molar-refractivity contribution in [2.45, 2.75) is 195 Å². The third-order valence-electron chi connectivity index (χ3n) is 10.3. The van der Waals surface area contributed by atoms with Crippen molar-refractivity contribution in [1.82, 2.24) is 0 Å². The van der Waals surface area contributed by atoms with Gasteiger partial charge in [0.15, 0.2) is 11.5 Å². The molecule has 0 heterocycles. The van der Waals surface area contributed by atoms with Gasteiger partial charge >= 0.3 is 11.9 Å². The van der Waals surface area contributed by atoms with Crippen molar-refractivity contribution in [1.29, 1.82) is 0 Å². The monoisotopic (exact) mass is 733 g/mol. The predicted molar refractivity (Wildman–Crippen MR) is 216 cm³/mol. The van der Waals surface area contributed by atoms with Crippen molar-refractivity contribution in [2.75, 3.05) is 33.5 Å². The molecule has 0 N–H and O–H groups in total. The van der Waals surface area contributed by atoms with Crippen molar-refractivity contribution in [3.8, 4) is 17.2 Å². The fourth-order valence-corrected chi connectivity index (χ4v) is 6.44. The molecule has 302 valence electrons. The second kappa shape index (κ2) is 34.3. The van der Waals surface area contributed by atoms with E-state index >= 15 is 0 Å². The van der Waals surface area contributed by atoms with Gasteiger partial charge in [0.1, 0.15) is 5.75 Å². The molecule has 7 nitrogen and oxygen atoms in total. The Bertz CT molecular complexity index is 980. The molecule has 2 unspecified atom stereocenters. The number of hydrogen-bond acceptors (Lipinski definition) is 7. The lowest BCUT2D eigenvalue weighted by molar-refractivity contribution is -0.146. The van der Waals surface area contributed by atoms with Gasteiger partial charge in [-0.2, -0.15) is 0 Å². The number of carbonyl (C=O) groups excluding carboxylic acids is 2. The fraction of sp³-hybridized carbons (Fsp3) is 0.822. The van der Waals surface area contributed by atoms with Crippen LogP contribution < -0.4 is 14.2 Å². The van der Waals surface area contributed by atoms with Crippen LogP contribution in [0, 0.1) is 11.8 Å². The van der Waals surface area contributed by atoms with Gasteiger partial charge in [0.2, 0.25) is 0 Å². The first kappa shape index (κ1) is 47.6. The highest BCUT2D eigenvalue weighted by Gasteiger charge is 2.12. The van der Waals surface area contributed by atoms with Gasteiger partial charge in [-0.1, -0.05) is 143 Å². The average molecular weight is 733 g/mol. The molecule has 0 aliphatic rings. The molecule has 0 fully saturated rings. The largest absolute Gasteiger partial charge is 0.497 e. The summed E-state index contributed by atoms with van der Waals surface area (Å²) in [6.07, 6.45) is 28.5. The van der Waals surface area contributed by atoms with E-state index in [4.69, 9.17) is 23.7 Å². The lowest BCUT2D eigenvalue weighted by atomic mass is 10.0. The number of methoxy groups -OCH3 is 1. The second-order valence-electron chi connectivity index (χ2n) is 14.9. The number of hydrogen-bond donors (Lipinski definition) is 0. The van der Waals surface area contributed by atoms with E-state index in [1.165, 1.54) is 77.0 Å². The number of unbranched alkanes of at least 4 members (excludes halogenated alkanes) is 16. The quantitative estimate of drug-likeness (QED) is 0.0497. The van der Waals surface area contributed by atoms with Gasteiger partial charge in [-0.15, -0.1) is 0 Å². The molecule has 1 aromatic carbocycles. The molecule has 0 aromatic heterocycles. The third-order valence-corrected chi connectivity index (χ3v) is 10.3. The van der Waals surface area contributed by atoms with Gasteiger partial charge in [-0.3, -0.25) is 9.59 Å². The van der Waals surface area contributed by atoms with E-state index in [1.807, 2.05) is 18.2 Å². The van der Waals surface area contributed by atoms with Gasteiger partial charge in [0, 0.05) is 18.9 Å². The molecule has 7 heteroatoms. The zero-order valence-electron chi connectivity index (χ0n) is 34.5. The van der Waals surface area contributed by atoms with E-state index in [-0.39, 0.29) is 11.9 Å². The number of carbonyl (C=O) groups is 2. The molecular formula is C45H80O7. The number of ether oxygens (including phenoxy) is 5. The normalized spacial score (nSPS) is 12.3. The van der Waals surface area contributed by atoms with Crippen LogP contribution >= 0.6 is 0 Å². The maximum atomic E-state index is 12.1. The van der Waals surface area contributed by atoms with Crippen LogP contribution in [-0.2, 0) is 19.1 Å². The van der Waals surface area contributed by atoms with Crippen LogP contribution in [0.2, 0.25) is 0 Å². The summed E-state index contributed by atoms with van der Waals surface area (Å²) in [4.78, 5) is 24.1. The zero-order chi connectivity index (χ0) is 37.9. The van der Waals surface area contributed by atoms with Crippen LogP contribution in [0.5, 0.6) is 17.2 Å². The first-order valence-electron chi connectivity index (χ1n) is 21.7. The lowest BCUT2D eigenvalue weighted by Crippen LogP contribution is -2.13. The molecular weight excluding hydrogens is 652 g/mol. The van der Waals surface area contributed by atoms with Gasteiger partial charge in [0.25, 0.3) is 0 Å². The van der Waals surface area contributed by atoms with E-state index in [2.05, 4.69) is 27.7 Å². The van der Waals surface area contributed by atoms with Crippen molar-refractivity contribution in [3.05, 3.63) is 18.2 Å². The summed E-state index contributed by atoms with van der Waals surface area (Å²) in [6, 6.07) is 5.80. The fourth-order valence-electron chi connectivity index (χ4n) is 6.44. The number of esters is 2. The molecule has 0 aliphatic heterocycles. The third kappa shape index (κ3) is 26.3. The Labute approximate surface area is 320 Å². The predicted octanol–water partition coefficient (Wildman–Crippen LogP) is 13.0. The van der Waals surface area contributed by atoms with Crippen LogP contribution in [0.25, 0.3) is 0 Å². The lowest BCUT2D eigenvalue weighted by Gasteiger charge is -2.14. The summed E-state index contributed by atoms with van der Waals surface area (Å²) in [5.41, 5.74) is 0. The van der Waals surface area contributed by atoms with Crippen molar-refractivity contribution < 1.29 is 33.3 Å². The Balaban J connectivity index is 2.07. The van der Waals surface area contributed by atoms with Crippen LogP contribution in [0.1, 0.15) is 195 Å². The summed E-state index contributed by atoms with van der Waals surface area (Å²) in [5.74, 6) is 3.31. The van der Waals surface area contributed by atoms with Crippen molar-refractivity contribution in [3.63, 3.8) is 0 Å². The van der Waals surface area contributed by atoms with Crippen LogP contribution in [0.15, 0.2) is 18.2 Å². The van der Waals surface area contributed by atoms with Crippen LogP contribution in [-0.4, -0.2) is 45.5 Å². The Morgan fingerprint density at radius 2 is 0.923 bits per heavy atom. The van der Waals surface area contributed by atoms with E-state index < -0.39 is 0 Å². The number of benzene rings is 1. The SMILES string of the molecule is CCCCC(CC)COC(=O)CCCCCCCCCCOc1ccc(OC)cc1OCCCCCCCCCCC(=O)OCC(CC)CCCC. The molecule has 0 saturated heterocycles. The first-order valence-corrected chi connectivity index (χ1v) is 21.7. The molecule has 0 saturated carbocycles. The summed E-state index contributed by atoms with van der Waals surface area (Å²) >= 11 is 0. The maximum absolute atomic E-state index is 12.1. The van der Waals surface area contributed by atoms with E-state index in [9.17, 15) is 9.59 Å². The molecule has 1 rings (SSSR count). The van der Waals surface area contributed by atoms with Crippen molar-refractivity contribution in [2.24, 2.45) is 11.8 Å². The molecule has 0 amide bonds. The van der Waals surface area contributed by atoms with Gasteiger partial charge in [0.05, 0.1) is 33.5 Å². The summed E-state index contributed by atoms with van der Waals surface area (Å²) in [5, 5.41) is 0. The molecule has 0 spiro atoms. The highest BCUT2D eigenvalue weighted by molar-refractivity contribution is 5.69. The molecule has 0 bridgehead atoms. The van der Waals surface area contributed by atoms with Crippen LogP contribution in [0.4, 0.5) is 0 Å². The highest BCUT2D eigenvalue weighted by Crippen LogP contribution is 2.32. The number of rotatable bonds is 37. The molecule has 0 radical (unpaired) electrons. The summed E-state index contributed by atoms with van der Waals surface area (Å²) in [6.45, 7) is 11.3. The van der Waals surface area contributed by atoms with E-state index in [1.54, 1.807) is 7.11 Å².